The van der Waals surface area contributed by atoms with Gasteiger partial charge in [0.25, 0.3) is 0 Å². The highest BCUT2D eigenvalue weighted by Crippen LogP contribution is 2.46. The molecule has 1 aliphatic carbocycles. The predicted molar refractivity (Wildman–Crippen MR) is 58.5 cm³/mol. The lowest BCUT2D eigenvalue weighted by Gasteiger charge is -2.16. The SMILES string of the molecule is C[C@H](c1ccccc1)N1[C@@H]2CCC(=O)[C@@H]21. The van der Waals surface area contributed by atoms with Crippen LogP contribution in [0.5, 0.6) is 0 Å². The van der Waals surface area contributed by atoms with Gasteiger partial charge in [0.15, 0.2) is 5.78 Å². The first-order valence-corrected chi connectivity index (χ1v) is 5.64. The van der Waals surface area contributed by atoms with Gasteiger partial charge in [0, 0.05) is 18.5 Å². The monoisotopic (exact) mass is 201 g/mol. The quantitative estimate of drug-likeness (QED) is 0.683. The van der Waals surface area contributed by atoms with Crippen molar-refractivity contribution in [1.29, 1.82) is 0 Å². The molecule has 1 heterocycles. The predicted octanol–water partition coefficient (Wildman–Crippen LogP) is 2.16. The summed E-state index contributed by atoms with van der Waals surface area (Å²) >= 11 is 0. The smallest absolute Gasteiger partial charge is 0.151 e. The fourth-order valence-corrected chi connectivity index (χ4v) is 2.86. The minimum Gasteiger partial charge on any atom is -0.298 e. The van der Waals surface area contributed by atoms with E-state index in [1.807, 2.05) is 6.07 Å². The molecule has 78 valence electrons. The van der Waals surface area contributed by atoms with Crippen LogP contribution >= 0.6 is 0 Å². The molecular formula is C13H15NO. The van der Waals surface area contributed by atoms with Crippen molar-refractivity contribution in [2.24, 2.45) is 0 Å². The normalized spacial score (nSPS) is 35.0. The van der Waals surface area contributed by atoms with Gasteiger partial charge in [0.05, 0.1) is 6.04 Å². The molecule has 1 saturated heterocycles. The van der Waals surface area contributed by atoms with Gasteiger partial charge in [-0.05, 0) is 18.9 Å². The molecule has 0 bridgehead atoms. The lowest BCUT2D eigenvalue weighted by atomic mass is 10.1. The van der Waals surface area contributed by atoms with Crippen molar-refractivity contribution in [3.05, 3.63) is 35.9 Å². The van der Waals surface area contributed by atoms with Gasteiger partial charge in [-0.15, -0.1) is 0 Å². The number of hydrogen-bond acceptors (Lipinski definition) is 2. The number of hydrogen-bond donors (Lipinski definition) is 0. The minimum absolute atomic E-state index is 0.250. The molecule has 2 fully saturated rings. The number of benzene rings is 1. The van der Waals surface area contributed by atoms with Crippen molar-refractivity contribution in [1.82, 2.24) is 4.90 Å². The Hall–Kier alpha value is -1.15. The summed E-state index contributed by atoms with van der Waals surface area (Å²) in [5.74, 6) is 0.447. The van der Waals surface area contributed by atoms with Gasteiger partial charge >= 0.3 is 0 Å². The van der Waals surface area contributed by atoms with E-state index in [1.54, 1.807) is 0 Å². The minimum atomic E-state index is 0.250. The van der Waals surface area contributed by atoms with Crippen molar-refractivity contribution >= 4 is 5.78 Å². The summed E-state index contributed by atoms with van der Waals surface area (Å²) < 4.78 is 0. The molecule has 1 aromatic rings. The summed E-state index contributed by atoms with van der Waals surface area (Å²) in [6.45, 7) is 2.20. The van der Waals surface area contributed by atoms with Crippen LogP contribution in [0.15, 0.2) is 30.3 Å². The second kappa shape index (κ2) is 3.17. The molecule has 1 saturated carbocycles. The van der Waals surface area contributed by atoms with E-state index in [4.69, 9.17) is 0 Å². The van der Waals surface area contributed by atoms with Gasteiger partial charge in [-0.25, -0.2) is 0 Å². The van der Waals surface area contributed by atoms with Crippen molar-refractivity contribution < 1.29 is 4.79 Å². The first kappa shape index (κ1) is 9.10. The van der Waals surface area contributed by atoms with Crippen LogP contribution in [0, 0.1) is 0 Å². The zero-order valence-electron chi connectivity index (χ0n) is 8.89. The Balaban J connectivity index is 1.78. The molecule has 1 aromatic carbocycles. The molecule has 15 heavy (non-hydrogen) atoms. The summed E-state index contributed by atoms with van der Waals surface area (Å²) in [4.78, 5) is 13.9. The molecule has 0 spiro atoms. The number of fused-ring (bicyclic) bond motifs is 1. The van der Waals surface area contributed by atoms with E-state index in [2.05, 4.69) is 36.1 Å². The molecule has 4 atom stereocenters. The zero-order chi connectivity index (χ0) is 10.4. The zero-order valence-corrected chi connectivity index (χ0v) is 8.89. The Morgan fingerprint density at radius 2 is 2.07 bits per heavy atom. The average molecular weight is 201 g/mol. The number of carbonyl (C=O) groups is 1. The molecule has 1 aliphatic heterocycles. The van der Waals surface area contributed by atoms with Crippen LogP contribution in [0.2, 0.25) is 0 Å². The van der Waals surface area contributed by atoms with E-state index in [0.29, 0.717) is 17.9 Å². The summed E-state index contributed by atoms with van der Waals surface area (Å²) in [6, 6.07) is 11.6. The topological polar surface area (TPSA) is 20.1 Å². The van der Waals surface area contributed by atoms with E-state index < -0.39 is 0 Å². The summed E-state index contributed by atoms with van der Waals surface area (Å²) in [7, 11) is 0. The Morgan fingerprint density at radius 3 is 2.67 bits per heavy atom. The Bertz CT molecular complexity index is 387. The third-order valence-corrected chi connectivity index (χ3v) is 3.72. The van der Waals surface area contributed by atoms with Crippen LogP contribution < -0.4 is 0 Å². The van der Waals surface area contributed by atoms with Gasteiger partial charge in [-0.2, -0.15) is 0 Å². The number of carbonyl (C=O) groups excluding carboxylic acids is 1. The van der Waals surface area contributed by atoms with Crippen molar-refractivity contribution in [3.8, 4) is 0 Å². The van der Waals surface area contributed by atoms with Gasteiger partial charge in [-0.3, -0.25) is 9.69 Å². The van der Waals surface area contributed by atoms with Gasteiger partial charge in [0.1, 0.15) is 0 Å². The van der Waals surface area contributed by atoms with Crippen LogP contribution in [0.1, 0.15) is 31.4 Å². The summed E-state index contributed by atoms with van der Waals surface area (Å²) in [5, 5.41) is 0. The maximum atomic E-state index is 11.5. The number of nitrogens with zero attached hydrogens (tertiary/aromatic N) is 1. The average Bonchev–Trinajstić information content (AvgIpc) is 2.90. The van der Waals surface area contributed by atoms with Crippen molar-refractivity contribution in [3.63, 3.8) is 0 Å². The van der Waals surface area contributed by atoms with Gasteiger partial charge < -0.3 is 0 Å². The van der Waals surface area contributed by atoms with E-state index in [0.717, 1.165) is 12.8 Å². The van der Waals surface area contributed by atoms with Crippen LogP contribution in [0.3, 0.4) is 0 Å². The summed E-state index contributed by atoms with van der Waals surface area (Å²) in [6.07, 6.45) is 1.87. The Kier molecular flexibility index (Phi) is 1.93. The number of Topliss-reactive ketones (excluding diaryl/α,β-unsaturated/α-hetero) is 1. The summed E-state index contributed by atoms with van der Waals surface area (Å²) in [5.41, 5.74) is 1.32. The van der Waals surface area contributed by atoms with Gasteiger partial charge in [-0.1, -0.05) is 30.3 Å². The fraction of sp³-hybridized carbons (Fsp3) is 0.462. The fourth-order valence-electron chi connectivity index (χ4n) is 2.86. The maximum Gasteiger partial charge on any atom is 0.151 e. The first-order valence-electron chi connectivity index (χ1n) is 5.64. The molecule has 0 N–H and O–H groups in total. The largest absolute Gasteiger partial charge is 0.298 e. The first-order chi connectivity index (χ1) is 7.29. The van der Waals surface area contributed by atoms with E-state index in [-0.39, 0.29) is 6.04 Å². The van der Waals surface area contributed by atoms with Crippen LogP contribution in [0.4, 0.5) is 0 Å². The van der Waals surface area contributed by atoms with E-state index in [9.17, 15) is 4.79 Å². The number of rotatable bonds is 2. The third kappa shape index (κ3) is 1.32. The van der Waals surface area contributed by atoms with Crippen LogP contribution in [-0.4, -0.2) is 22.8 Å². The molecule has 2 aliphatic rings. The standard InChI is InChI=1S/C13H15NO/c1-9(10-5-3-2-4-6-10)14-11-7-8-12(15)13(11)14/h2-6,9,11,13H,7-8H2,1H3/t9-,11-,13-,14?/m1/s1. The molecule has 0 aromatic heterocycles. The lowest BCUT2D eigenvalue weighted by molar-refractivity contribution is -0.118. The van der Waals surface area contributed by atoms with Crippen molar-refractivity contribution in [2.45, 2.75) is 37.9 Å². The lowest BCUT2D eigenvalue weighted by Crippen LogP contribution is -2.16. The highest BCUT2D eigenvalue weighted by Gasteiger charge is 2.57. The van der Waals surface area contributed by atoms with E-state index in [1.165, 1.54) is 5.56 Å². The number of likely N-dealkylation sites (tertiary alicyclic amines) is 1. The molecule has 2 heteroatoms. The van der Waals surface area contributed by atoms with Crippen molar-refractivity contribution in [2.75, 3.05) is 0 Å². The van der Waals surface area contributed by atoms with Crippen LogP contribution in [-0.2, 0) is 4.79 Å². The molecule has 0 amide bonds. The molecule has 3 rings (SSSR count). The van der Waals surface area contributed by atoms with Gasteiger partial charge in [0.2, 0.25) is 0 Å². The third-order valence-electron chi connectivity index (χ3n) is 3.72. The second-order valence-electron chi connectivity index (χ2n) is 4.55. The molecular weight excluding hydrogens is 186 g/mol. The van der Waals surface area contributed by atoms with E-state index >= 15 is 0 Å². The van der Waals surface area contributed by atoms with Crippen LogP contribution in [0.25, 0.3) is 0 Å². The molecule has 1 unspecified atom stereocenters. The second-order valence-corrected chi connectivity index (χ2v) is 4.55. The maximum absolute atomic E-state index is 11.5. The Morgan fingerprint density at radius 1 is 1.33 bits per heavy atom. The highest BCUT2D eigenvalue weighted by molar-refractivity contribution is 5.90. The molecule has 0 radical (unpaired) electrons. The number of piperidine rings is 1. The molecule has 2 nitrogen and oxygen atoms in total. The Labute approximate surface area is 89.9 Å². The highest BCUT2D eigenvalue weighted by atomic mass is 16.1. The number of ketones is 1.